The minimum Gasteiger partial charge on any atom is -0.374 e. The fourth-order valence-electron chi connectivity index (χ4n) is 1.46. The summed E-state index contributed by atoms with van der Waals surface area (Å²) in [6.07, 6.45) is 1.87. The summed E-state index contributed by atoms with van der Waals surface area (Å²) >= 11 is 0. The van der Waals surface area contributed by atoms with Gasteiger partial charge in [-0.2, -0.15) is 5.10 Å². The number of rotatable bonds is 2. The van der Waals surface area contributed by atoms with E-state index in [0.717, 1.165) is 12.1 Å². The standard InChI is InChI=1S/C10H13N3/c1-3-13(2)10-6-4-5-9-8(10)7-11-12-9/h4-7H,3H2,1-2H3,(H,11,12). The van der Waals surface area contributed by atoms with Gasteiger partial charge in [-0.05, 0) is 19.1 Å². The smallest absolute Gasteiger partial charge is 0.0671 e. The van der Waals surface area contributed by atoms with Gasteiger partial charge in [-0.25, -0.2) is 0 Å². The highest BCUT2D eigenvalue weighted by Gasteiger charge is 2.04. The summed E-state index contributed by atoms with van der Waals surface area (Å²) in [6, 6.07) is 6.19. The lowest BCUT2D eigenvalue weighted by molar-refractivity contribution is 0.974. The van der Waals surface area contributed by atoms with Crippen LogP contribution in [0.2, 0.25) is 0 Å². The summed E-state index contributed by atoms with van der Waals surface area (Å²) in [6.45, 7) is 3.14. The molecule has 0 saturated heterocycles. The first kappa shape index (κ1) is 8.10. The zero-order valence-corrected chi connectivity index (χ0v) is 7.91. The molecule has 0 aliphatic rings. The fraction of sp³-hybridized carbons (Fsp3) is 0.300. The molecule has 1 N–H and O–H groups in total. The van der Waals surface area contributed by atoms with E-state index in [1.807, 2.05) is 18.3 Å². The second-order valence-electron chi connectivity index (χ2n) is 3.12. The number of benzene rings is 1. The number of aromatic nitrogens is 2. The van der Waals surface area contributed by atoms with Crippen LogP contribution < -0.4 is 4.90 Å². The maximum absolute atomic E-state index is 4.03. The van der Waals surface area contributed by atoms with Crippen molar-refractivity contribution < 1.29 is 0 Å². The first-order chi connectivity index (χ1) is 6.33. The highest BCUT2D eigenvalue weighted by atomic mass is 15.1. The van der Waals surface area contributed by atoms with E-state index >= 15 is 0 Å². The van der Waals surface area contributed by atoms with Gasteiger partial charge >= 0.3 is 0 Å². The molecule has 68 valence electrons. The van der Waals surface area contributed by atoms with Gasteiger partial charge in [0, 0.05) is 24.7 Å². The van der Waals surface area contributed by atoms with Crippen molar-refractivity contribution in [3.63, 3.8) is 0 Å². The summed E-state index contributed by atoms with van der Waals surface area (Å²) in [5.41, 5.74) is 2.33. The molecular formula is C10H13N3. The van der Waals surface area contributed by atoms with Gasteiger partial charge in [0.05, 0.1) is 11.7 Å². The van der Waals surface area contributed by atoms with Gasteiger partial charge in [-0.3, -0.25) is 5.10 Å². The van der Waals surface area contributed by atoms with Crippen LogP contribution in [-0.2, 0) is 0 Å². The Hall–Kier alpha value is -1.51. The maximum Gasteiger partial charge on any atom is 0.0671 e. The third kappa shape index (κ3) is 1.26. The molecule has 0 saturated carbocycles. The van der Waals surface area contributed by atoms with Crippen molar-refractivity contribution in [1.82, 2.24) is 10.2 Å². The predicted molar refractivity (Wildman–Crippen MR) is 55.0 cm³/mol. The lowest BCUT2D eigenvalue weighted by atomic mass is 10.2. The quantitative estimate of drug-likeness (QED) is 0.757. The molecule has 0 amide bonds. The number of hydrogen-bond acceptors (Lipinski definition) is 2. The molecule has 1 heterocycles. The lowest BCUT2D eigenvalue weighted by Gasteiger charge is -2.17. The first-order valence-electron chi connectivity index (χ1n) is 4.46. The number of hydrogen-bond donors (Lipinski definition) is 1. The average Bonchev–Trinajstić information content (AvgIpc) is 2.63. The largest absolute Gasteiger partial charge is 0.374 e. The van der Waals surface area contributed by atoms with Crippen LogP contribution in [0.5, 0.6) is 0 Å². The molecule has 1 aromatic heterocycles. The van der Waals surface area contributed by atoms with Crippen molar-refractivity contribution in [3.05, 3.63) is 24.4 Å². The van der Waals surface area contributed by atoms with Crippen LogP contribution in [0.4, 0.5) is 5.69 Å². The molecule has 2 aromatic rings. The van der Waals surface area contributed by atoms with Gasteiger partial charge in [-0.15, -0.1) is 0 Å². The topological polar surface area (TPSA) is 31.9 Å². The SMILES string of the molecule is CCN(C)c1cccc2[nH]ncc12. The Balaban J connectivity index is 2.60. The highest BCUT2D eigenvalue weighted by Crippen LogP contribution is 2.23. The zero-order chi connectivity index (χ0) is 9.26. The molecule has 3 nitrogen and oxygen atoms in total. The van der Waals surface area contributed by atoms with Crippen LogP contribution in [-0.4, -0.2) is 23.8 Å². The number of nitrogens with one attached hydrogen (secondary N) is 1. The fourth-order valence-corrected chi connectivity index (χ4v) is 1.46. The molecule has 13 heavy (non-hydrogen) atoms. The maximum atomic E-state index is 4.03. The van der Waals surface area contributed by atoms with E-state index in [2.05, 4.69) is 35.1 Å². The number of nitrogens with zero attached hydrogens (tertiary/aromatic N) is 2. The van der Waals surface area contributed by atoms with Crippen molar-refractivity contribution in [2.45, 2.75) is 6.92 Å². The highest BCUT2D eigenvalue weighted by molar-refractivity contribution is 5.91. The summed E-state index contributed by atoms with van der Waals surface area (Å²) in [5.74, 6) is 0. The van der Waals surface area contributed by atoms with E-state index in [0.29, 0.717) is 0 Å². The van der Waals surface area contributed by atoms with Crippen molar-refractivity contribution in [2.75, 3.05) is 18.5 Å². The van der Waals surface area contributed by atoms with E-state index < -0.39 is 0 Å². The molecule has 0 aliphatic carbocycles. The molecule has 0 radical (unpaired) electrons. The Labute approximate surface area is 77.4 Å². The van der Waals surface area contributed by atoms with Crippen LogP contribution in [0.1, 0.15) is 6.92 Å². The van der Waals surface area contributed by atoms with Crippen molar-refractivity contribution in [1.29, 1.82) is 0 Å². The molecule has 2 rings (SSSR count). The monoisotopic (exact) mass is 175 g/mol. The Morgan fingerprint density at radius 3 is 3.08 bits per heavy atom. The lowest BCUT2D eigenvalue weighted by Crippen LogP contribution is -2.15. The molecule has 0 atom stereocenters. The van der Waals surface area contributed by atoms with Gasteiger partial charge < -0.3 is 4.90 Å². The minimum absolute atomic E-state index is 1.00. The molecular weight excluding hydrogens is 162 g/mol. The van der Waals surface area contributed by atoms with Crippen LogP contribution in [0.3, 0.4) is 0 Å². The summed E-state index contributed by atoms with van der Waals surface area (Å²) in [4.78, 5) is 2.21. The zero-order valence-electron chi connectivity index (χ0n) is 7.91. The second kappa shape index (κ2) is 3.09. The molecule has 0 unspecified atom stereocenters. The molecule has 1 aromatic carbocycles. The van der Waals surface area contributed by atoms with Crippen molar-refractivity contribution >= 4 is 16.6 Å². The Kier molecular flexibility index (Phi) is 1.93. The van der Waals surface area contributed by atoms with Gasteiger partial charge in [0.25, 0.3) is 0 Å². The van der Waals surface area contributed by atoms with Crippen molar-refractivity contribution in [3.8, 4) is 0 Å². The summed E-state index contributed by atoms with van der Waals surface area (Å²) < 4.78 is 0. The number of fused-ring (bicyclic) bond motifs is 1. The number of anilines is 1. The Bertz CT molecular complexity index is 405. The van der Waals surface area contributed by atoms with E-state index in [4.69, 9.17) is 0 Å². The van der Waals surface area contributed by atoms with Crippen LogP contribution in [0, 0.1) is 0 Å². The van der Waals surface area contributed by atoms with Gasteiger partial charge in [-0.1, -0.05) is 6.07 Å². The molecule has 3 heteroatoms. The number of aromatic amines is 1. The Morgan fingerprint density at radius 2 is 2.31 bits per heavy atom. The average molecular weight is 175 g/mol. The third-order valence-corrected chi connectivity index (χ3v) is 2.35. The summed E-state index contributed by atoms with van der Waals surface area (Å²) in [5, 5.41) is 8.18. The summed E-state index contributed by atoms with van der Waals surface area (Å²) in [7, 11) is 2.09. The third-order valence-electron chi connectivity index (χ3n) is 2.35. The normalized spacial score (nSPS) is 10.6. The number of H-pyrrole nitrogens is 1. The minimum atomic E-state index is 1.00. The van der Waals surface area contributed by atoms with Crippen LogP contribution in [0.25, 0.3) is 10.9 Å². The van der Waals surface area contributed by atoms with Gasteiger partial charge in [0.15, 0.2) is 0 Å². The van der Waals surface area contributed by atoms with Gasteiger partial charge in [0.2, 0.25) is 0 Å². The van der Waals surface area contributed by atoms with Gasteiger partial charge in [0.1, 0.15) is 0 Å². The van der Waals surface area contributed by atoms with Crippen LogP contribution in [0.15, 0.2) is 24.4 Å². The molecule has 0 bridgehead atoms. The van der Waals surface area contributed by atoms with E-state index in [-0.39, 0.29) is 0 Å². The van der Waals surface area contributed by atoms with E-state index in [9.17, 15) is 0 Å². The van der Waals surface area contributed by atoms with Crippen LogP contribution >= 0.6 is 0 Å². The van der Waals surface area contributed by atoms with E-state index in [1.54, 1.807) is 0 Å². The predicted octanol–water partition coefficient (Wildman–Crippen LogP) is 2.02. The van der Waals surface area contributed by atoms with Crippen molar-refractivity contribution in [2.24, 2.45) is 0 Å². The molecule has 0 aliphatic heterocycles. The van der Waals surface area contributed by atoms with E-state index in [1.165, 1.54) is 11.1 Å². The molecule has 0 fully saturated rings. The Morgan fingerprint density at radius 1 is 1.46 bits per heavy atom. The first-order valence-corrected chi connectivity index (χ1v) is 4.46. The second-order valence-corrected chi connectivity index (χ2v) is 3.12. The molecule has 0 spiro atoms.